The third kappa shape index (κ3) is 2.95. The Hall–Kier alpha value is -3.47. The molecule has 1 aliphatic rings. The Bertz CT molecular complexity index is 1230. The van der Waals surface area contributed by atoms with Crippen LogP contribution < -0.4 is 10.3 Å². The van der Waals surface area contributed by atoms with Crippen molar-refractivity contribution in [3.63, 3.8) is 0 Å². The minimum Gasteiger partial charge on any atom is -0.490 e. The lowest BCUT2D eigenvalue weighted by Gasteiger charge is -2.13. The normalized spacial score (nSPS) is 13.6. The second kappa shape index (κ2) is 6.60. The molecule has 0 bridgehead atoms. The highest BCUT2D eigenvalue weighted by atomic mass is 16.5. The lowest BCUT2D eigenvalue weighted by molar-refractivity contribution is 0.301. The van der Waals surface area contributed by atoms with E-state index < -0.39 is 0 Å². The van der Waals surface area contributed by atoms with E-state index in [1.807, 2.05) is 42.5 Å². The third-order valence-corrected chi connectivity index (χ3v) is 5.07. The van der Waals surface area contributed by atoms with Gasteiger partial charge in [0.2, 0.25) is 0 Å². The highest BCUT2D eigenvalue weighted by Crippen LogP contribution is 2.34. The van der Waals surface area contributed by atoms with Gasteiger partial charge in [0.25, 0.3) is 5.56 Å². The molecule has 0 unspecified atom stereocenters. The molecule has 5 nitrogen and oxygen atoms in total. The summed E-state index contributed by atoms with van der Waals surface area (Å²) in [6.45, 7) is 2.08. The Labute approximate surface area is 162 Å². The molecule has 1 aliphatic carbocycles. The van der Waals surface area contributed by atoms with E-state index in [9.17, 15) is 4.79 Å². The van der Waals surface area contributed by atoms with E-state index in [2.05, 4.69) is 23.1 Å². The van der Waals surface area contributed by atoms with Crippen molar-refractivity contribution in [2.45, 2.75) is 25.9 Å². The molecule has 0 N–H and O–H groups in total. The number of fused-ring (bicyclic) bond motifs is 1. The Morgan fingerprint density at radius 3 is 2.75 bits per heavy atom. The fraction of sp³-hybridized carbons (Fsp3) is 0.174. The number of ether oxygens (including phenoxy) is 1. The van der Waals surface area contributed by atoms with E-state index in [1.54, 1.807) is 18.5 Å². The van der Waals surface area contributed by atoms with Gasteiger partial charge >= 0.3 is 0 Å². The van der Waals surface area contributed by atoms with Crippen LogP contribution in [0.3, 0.4) is 0 Å². The quantitative estimate of drug-likeness (QED) is 0.538. The summed E-state index contributed by atoms with van der Waals surface area (Å²) in [5.74, 6) is 1.45. The van der Waals surface area contributed by atoms with Crippen molar-refractivity contribution >= 4 is 10.8 Å². The van der Waals surface area contributed by atoms with Crippen molar-refractivity contribution in [2.75, 3.05) is 0 Å². The molecule has 0 spiro atoms. The number of hydrogen-bond donors (Lipinski definition) is 0. The summed E-state index contributed by atoms with van der Waals surface area (Å²) in [7, 11) is 0. The minimum absolute atomic E-state index is 0.176. The predicted molar refractivity (Wildman–Crippen MR) is 109 cm³/mol. The van der Waals surface area contributed by atoms with Crippen LogP contribution in [-0.4, -0.2) is 20.9 Å². The molecule has 2 aromatic carbocycles. The van der Waals surface area contributed by atoms with Gasteiger partial charge in [0.1, 0.15) is 5.75 Å². The van der Waals surface area contributed by atoms with Crippen LogP contribution in [0.4, 0.5) is 0 Å². The van der Waals surface area contributed by atoms with Crippen molar-refractivity contribution in [1.29, 1.82) is 0 Å². The first-order valence-electron chi connectivity index (χ1n) is 9.41. The molecular weight excluding hydrogens is 350 g/mol. The zero-order chi connectivity index (χ0) is 19.1. The highest BCUT2D eigenvalue weighted by Gasteiger charge is 2.24. The fourth-order valence-corrected chi connectivity index (χ4v) is 3.38. The van der Waals surface area contributed by atoms with Gasteiger partial charge < -0.3 is 4.74 Å². The third-order valence-electron chi connectivity index (χ3n) is 5.07. The smallest absolute Gasteiger partial charge is 0.280 e. The molecule has 2 heterocycles. The number of rotatable bonds is 4. The molecule has 4 aromatic rings. The lowest BCUT2D eigenvalue weighted by atomic mass is 9.98. The number of benzene rings is 2. The first kappa shape index (κ1) is 16.7. The predicted octanol–water partition coefficient (Wildman–Crippen LogP) is 4.30. The first-order valence-corrected chi connectivity index (χ1v) is 9.41. The van der Waals surface area contributed by atoms with Gasteiger partial charge in [-0.05, 0) is 66.8 Å². The van der Waals surface area contributed by atoms with Gasteiger partial charge in [-0.3, -0.25) is 4.79 Å². The molecule has 5 heteroatoms. The van der Waals surface area contributed by atoms with E-state index in [1.165, 1.54) is 4.68 Å². The maximum absolute atomic E-state index is 12.9. The number of pyridine rings is 1. The van der Waals surface area contributed by atoms with Crippen molar-refractivity contribution in [3.8, 4) is 22.7 Å². The molecule has 0 aliphatic heterocycles. The van der Waals surface area contributed by atoms with Gasteiger partial charge in [0.05, 0.1) is 17.7 Å². The SMILES string of the molecule is Cc1c(OC2CC2)cccc1-c1ccc2c(=O)n(-c3ccccn3)ncc2c1. The molecule has 1 fully saturated rings. The summed E-state index contributed by atoms with van der Waals surface area (Å²) in [6, 6.07) is 17.4. The second-order valence-corrected chi connectivity index (χ2v) is 7.10. The van der Waals surface area contributed by atoms with Crippen LogP contribution in [0.25, 0.3) is 27.7 Å². The van der Waals surface area contributed by atoms with Crippen LogP contribution in [0.15, 0.2) is 71.8 Å². The zero-order valence-electron chi connectivity index (χ0n) is 15.5. The monoisotopic (exact) mass is 369 g/mol. The first-order chi connectivity index (χ1) is 13.7. The Balaban J connectivity index is 1.59. The average molecular weight is 369 g/mol. The van der Waals surface area contributed by atoms with Crippen molar-refractivity contribution < 1.29 is 4.74 Å². The Morgan fingerprint density at radius 2 is 1.96 bits per heavy atom. The van der Waals surface area contributed by atoms with Gasteiger partial charge in [-0.25, -0.2) is 4.98 Å². The molecule has 1 saturated carbocycles. The maximum Gasteiger partial charge on any atom is 0.280 e. The standard InChI is InChI=1S/C23H19N3O2/c1-15-19(5-4-6-21(15)28-18-9-10-18)16-8-11-20-17(13-16)14-25-26(23(20)27)22-7-2-3-12-24-22/h2-8,11-14,18H,9-10H2,1H3. The second-order valence-electron chi connectivity index (χ2n) is 7.10. The zero-order valence-corrected chi connectivity index (χ0v) is 15.5. The summed E-state index contributed by atoms with van der Waals surface area (Å²) < 4.78 is 7.35. The highest BCUT2D eigenvalue weighted by molar-refractivity contribution is 5.87. The van der Waals surface area contributed by atoms with Crippen molar-refractivity contribution in [1.82, 2.24) is 14.8 Å². The molecule has 2 aromatic heterocycles. The maximum atomic E-state index is 12.9. The molecule has 0 atom stereocenters. The Kier molecular flexibility index (Phi) is 3.93. The van der Waals surface area contributed by atoms with Crippen LogP contribution in [0.1, 0.15) is 18.4 Å². The van der Waals surface area contributed by atoms with Gasteiger partial charge in [-0.1, -0.05) is 24.3 Å². The van der Waals surface area contributed by atoms with E-state index in [0.29, 0.717) is 17.3 Å². The van der Waals surface area contributed by atoms with Gasteiger partial charge in [0.15, 0.2) is 5.82 Å². The molecule has 5 rings (SSSR count). The van der Waals surface area contributed by atoms with Gasteiger partial charge in [-0.2, -0.15) is 9.78 Å². The van der Waals surface area contributed by atoms with Crippen molar-refractivity contribution in [3.05, 3.63) is 82.9 Å². The van der Waals surface area contributed by atoms with Crippen LogP contribution in [0, 0.1) is 6.92 Å². The molecule has 0 radical (unpaired) electrons. The van der Waals surface area contributed by atoms with Crippen LogP contribution in [0.2, 0.25) is 0 Å². The fourth-order valence-electron chi connectivity index (χ4n) is 3.38. The van der Waals surface area contributed by atoms with E-state index in [-0.39, 0.29) is 5.56 Å². The van der Waals surface area contributed by atoms with Gasteiger partial charge in [0, 0.05) is 11.6 Å². The average Bonchev–Trinajstić information content (AvgIpc) is 3.54. The largest absolute Gasteiger partial charge is 0.490 e. The van der Waals surface area contributed by atoms with Crippen LogP contribution in [0.5, 0.6) is 5.75 Å². The summed E-state index contributed by atoms with van der Waals surface area (Å²) in [4.78, 5) is 17.1. The number of aromatic nitrogens is 3. The van der Waals surface area contributed by atoms with E-state index >= 15 is 0 Å². The van der Waals surface area contributed by atoms with E-state index in [0.717, 1.165) is 40.7 Å². The van der Waals surface area contributed by atoms with Crippen LogP contribution in [-0.2, 0) is 0 Å². The topological polar surface area (TPSA) is 57.0 Å². The van der Waals surface area contributed by atoms with E-state index in [4.69, 9.17) is 4.74 Å². The molecule has 138 valence electrons. The summed E-state index contributed by atoms with van der Waals surface area (Å²) >= 11 is 0. The van der Waals surface area contributed by atoms with Crippen LogP contribution >= 0.6 is 0 Å². The summed E-state index contributed by atoms with van der Waals surface area (Å²) in [5, 5.41) is 5.74. The minimum atomic E-state index is -0.176. The summed E-state index contributed by atoms with van der Waals surface area (Å²) in [6.07, 6.45) is 5.99. The van der Waals surface area contributed by atoms with Gasteiger partial charge in [-0.15, -0.1) is 0 Å². The molecule has 0 saturated heterocycles. The summed E-state index contributed by atoms with van der Waals surface area (Å²) in [5.41, 5.74) is 3.09. The molecular formula is C23H19N3O2. The Morgan fingerprint density at radius 1 is 1.07 bits per heavy atom. The van der Waals surface area contributed by atoms with Crippen molar-refractivity contribution in [2.24, 2.45) is 0 Å². The molecule has 28 heavy (non-hydrogen) atoms. The number of nitrogens with zero attached hydrogens (tertiary/aromatic N) is 3. The molecule has 0 amide bonds. The lowest BCUT2D eigenvalue weighted by Crippen LogP contribution is -2.21. The number of hydrogen-bond acceptors (Lipinski definition) is 4.